The van der Waals surface area contributed by atoms with Gasteiger partial charge in [0.15, 0.2) is 16.6 Å². The minimum absolute atomic E-state index is 0.162. The van der Waals surface area contributed by atoms with Crippen LogP contribution >= 0.6 is 11.6 Å². The summed E-state index contributed by atoms with van der Waals surface area (Å²) in [5, 5.41) is 10.9. The third-order valence-electron chi connectivity index (χ3n) is 3.13. The number of carbonyl (C=O) groups is 1. The summed E-state index contributed by atoms with van der Waals surface area (Å²) in [5.41, 5.74) is 2.57. The van der Waals surface area contributed by atoms with Gasteiger partial charge in [-0.2, -0.15) is 0 Å². The van der Waals surface area contributed by atoms with Crippen molar-refractivity contribution in [1.29, 1.82) is 0 Å². The lowest BCUT2D eigenvalue weighted by atomic mass is 10.2. The number of aryl methyl sites for hydroxylation is 3. The molecule has 0 bridgehead atoms. The molecule has 22 heavy (non-hydrogen) atoms. The van der Waals surface area contributed by atoms with E-state index < -0.39 is 0 Å². The summed E-state index contributed by atoms with van der Waals surface area (Å²) < 4.78 is 6.64. The Morgan fingerprint density at radius 1 is 1.36 bits per heavy atom. The monoisotopic (exact) mass is 319 g/mol. The summed E-state index contributed by atoms with van der Waals surface area (Å²) in [6.45, 7) is 3.86. The lowest BCUT2D eigenvalue weighted by Gasteiger charge is -2.00. The number of fused-ring (bicyclic) bond motifs is 1. The van der Waals surface area contributed by atoms with E-state index in [2.05, 4.69) is 20.6 Å². The van der Waals surface area contributed by atoms with Crippen molar-refractivity contribution in [3.05, 3.63) is 40.5 Å². The Labute approximate surface area is 131 Å². The second-order valence-corrected chi connectivity index (χ2v) is 5.39. The lowest BCUT2D eigenvalue weighted by molar-refractivity contribution is -0.116. The predicted octanol–water partition coefficient (Wildman–Crippen LogP) is 2.56. The van der Waals surface area contributed by atoms with Crippen LogP contribution in [0.2, 0.25) is 5.15 Å². The minimum Gasteiger partial charge on any atom is -0.360 e. The van der Waals surface area contributed by atoms with E-state index in [1.807, 2.05) is 19.9 Å². The van der Waals surface area contributed by atoms with Gasteiger partial charge in [0, 0.05) is 36.4 Å². The molecule has 0 radical (unpaired) electrons. The first-order chi connectivity index (χ1) is 10.5. The Hall–Kier alpha value is -2.41. The summed E-state index contributed by atoms with van der Waals surface area (Å²) in [6.07, 6.45) is 0.681. The molecule has 0 aromatic carbocycles. The van der Waals surface area contributed by atoms with Crippen molar-refractivity contribution in [1.82, 2.24) is 19.8 Å². The maximum atomic E-state index is 11.9. The molecule has 0 unspecified atom stereocenters. The van der Waals surface area contributed by atoms with Gasteiger partial charge in [0.05, 0.1) is 0 Å². The standard InChI is InChI=1S/C14H14ClN5O2/c1-8-5-9(2)20-13(16-8)7-12(18-20)17-14(21)4-3-10-6-11(15)19-22-10/h5-7H,3-4H2,1-2H3,(H,17,18,21). The van der Waals surface area contributed by atoms with E-state index >= 15 is 0 Å². The molecule has 0 saturated carbocycles. The molecule has 0 aliphatic carbocycles. The summed E-state index contributed by atoms with van der Waals surface area (Å²) in [7, 11) is 0. The molecule has 0 aliphatic heterocycles. The third kappa shape index (κ3) is 3.09. The van der Waals surface area contributed by atoms with E-state index in [9.17, 15) is 4.79 Å². The molecule has 3 aromatic rings. The van der Waals surface area contributed by atoms with Crippen LogP contribution in [-0.4, -0.2) is 25.7 Å². The van der Waals surface area contributed by atoms with Gasteiger partial charge in [-0.1, -0.05) is 16.8 Å². The molecule has 0 aliphatic rings. The number of halogens is 1. The normalized spacial score (nSPS) is 11.0. The lowest BCUT2D eigenvalue weighted by Crippen LogP contribution is -2.12. The number of aromatic nitrogens is 4. The molecule has 1 amide bonds. The minimum atomic E-state index is -0.162. The Morgan fingerprint density at radius 3 is 2.91 bits per heavy atom. The van der Waals surface area contributed by atoms with Gasteiger partial charge >= 0.3 is 0 Å². The maximum Gasteiger partial charge on any atom is 0.226 e. The van der Waals surface area contributed by atoms with Gasteiger partial charge < -0.3 is 9.84 Å². The molecule has 7 nitrogen and oxygen atoms in total. The molecular weight excluding hydrogens is 306 g/mol. The zero-order valence-electron chi connectivity index (χ0n) is 12.1. The van der Waals surface area contributed by atoms with Crippen molar-refractivity contribution in [3.8, 4) is 0 Å². The van der Waals surface area contributed by atoms with E-state index in [1.54, 1.807) is 16.6 Å². The zero-order chi connectivity index (χ0) is 15.7. The van der Waals surface area contributed by atoms with E-state index in [-0.39, 0.29) is 17.5 Å². The summed E-state index contributed by atoms with van der Waals surface area (Å²) in [5.74, 6) is 0.885. The Kier molecular flexibility index (Phi) is 3.81. The molecule has 1 N–H and O–H groups in total. The topological polar surface area (TPSA) is 85.3 Å². The highest BCUT2D eigenvalue weighted by Gasteiger charge is 2.10. The largest absolute Gasteiger partial charge is 0.360 e. The van der Waals surface area contributed by atoms with Gasteiger partial charge in [-0.25, -0.2) is 9.50 Å². The quantitative estimate of drug-likeness (QED) is 0.798. The average molecular weight is 320 g/mol. The number of hydrogen-bond acceptors (Lipinski definition) is 5. The van der Waals surface area contributed by atoms with Gasteiger partial charge in [-0.15, -0.1) is 5.10 Å². The van der Waals surface area contributed by atoms with Crippen molar-refractivity contribution in [3.63, 3.8) is 0 Å². The van der Waals surface area contributed by atoms with Gasteiger partial charge in [0.1, 0.15) is 5.76 Å². The van der Waals surface area contributed by atoms with E-state index in [1.165, 1.54) is 0 Å². The summed E-state index contributed by atoms with van der Waals surface area (Å²) in [6, 6.07) is 5.26. The van der Waals surface area contributed by atoms with Gasteiger partial charge in [-0.3, -0.25) is 4.79 Å². The summed E-state index contributed by atoms with van der Waals surface area (Å²) >= 11 is 5.65. The van der Waals surface area contributed by atoms with Crippen LogP contribution in [0.15, 0.2) is 22.7 Å². The fourth-order valence-electron chi connectivity index (χ4n) is 2.20. The van der Waals surface area contributed by atoms with Gasteiger partial charge in [0.25, 0.3) is 0 Å². The maximum absolute atomic E-state index is 11.9. The molecule has 8 heteroatoms. The third-order valence-corrected chi connectivity index (χ3v) is 3.31. The smallest absolute Gasteiger partial charge is 0.226 e. The van der Waals surface area contributed by atoms with E-state index in [0.717, 1.165) is 11.4 Å². The van der Waals surface area contributed by atoms with E-state index in [4.69, 9.17) is 16.1 Å². The fourth-order valence-corrected chi connectivity index (χ4v) is 2.35. The van der Waals surface area contributed by atoms with Crippen molar-refractivity contribution in [2.24, 2.45) is 0 Å². The molecule has 0 saturated heterocycles. The van der Waals surface area contributed by atoms with Crippen LogP contribution in [0.25, 0.3) is 5.65 Å². The van der Waals surface area contributed by atoms with Crippen LogP contribution in [-0.2, 0) is 11.2 Å². The van der Waals surface area contributed by atoms with Gasteiger partial charge in [-0.05, 0) is 19.9 Å². The van der Waals surface area contributed by atoms with Crippen LogP contribution in [0.1, 0.15) is 23.6 Å². The number of amides is 1. The molecule has 0 fully saturated rings. The van der Waals surface area contributed by atoms with Crippen molar-refractivity contribution in [2.75, 3.05) is 5.32 Å². The Morgan fingerprint density at radius 2 is 2.18 bits per heavy atom. The second-order valence-electron chi connectivity index (χ2n) is 5.00. The average Bonchev–Trinajstić information content (AvgIpc) is 3.02. The van der Waals surface area contributed by atoms with Crippen molar-refractivity contribution < 1.29 is 9.32 Å². The molecule has 0 atom stereocenters. The van der Waals surface area contributed by atoms with Crippen molar-refractivity contribution in [2.45, 2.75) is 26.7 Å². The van der Waals surface area contributed by atoms with Crippen LogP contribution in [0.5, 0.6) is 0 Å². The second kappa shape index (κ2) is 5.76. The van der Waals surface area contributed by atoms with Crippen LogP contribution in [0.3, 0.4) is 0 Å². The first-order valence-electron chi connectivity index (χ1n) is 6.76. The Bertz CT molecular complexity index is 839. The number of rotatable bonds is 4. The molecule has 114 valence electrons. The number of carbonyl (C=O) groups excluding carboxylic acids is 1. The number of hydrogen-bond donors (Lipinski definition) is 1. The number of anilines is 1. The summed E-state index contributed by atoms with van der Waals surface area (Å²) in [4.78, 5) is 16.3. The fraction of sp³-hybridized carbons (Fsp3) is 0.286. The highest BCUT2D eigenvalue weighted by atomic mass is 35.5. The molecule has 3 rings (SSSR count). The Balaban J connectivity index is 1.67. The first kappa shape index (κ1) is 14.5. The first-order valence-corrected chi connectivity index (χ1v) is 7.14. The van der Waals surface area contributed by atoms with E-state index in [0.29, 0.717) is 23.6 Å². The number of nitrogens with one attached hydrogen (secondary N) is 1. The van der Waals surface area contributed by atoms with Crippen LogP contribution < -0.4 is 5.32 Å². The van der Waals surface area contributed by atoms with Gasteiger partial charge in [0.2, 0.25) is 5.91 Å². The predicted molar refractivity (Wildman–Crippen MR) is 80.9 cm³/mol. The molecule has 0 spiro atoms. The van der Waals surface area contributed by atoms with Crippen molar-refractivity contribution >= 4 is 29.0 Å². The highest BCUT2D eigenvalue weighted by molar-refractivity contribution is 6.29. The molecular formula is C14H14ClN5O2. The number of nitrogens with zero attached hydrogens (tertiary/aromatic N) is 4. The molecule has 3 heterocycles. The zero-order valence-corrected chi connectivity index (χ0v) is 12.9. The van der Waals surface area contributed by atoms with Crippen LogP contribution in [0.4, 0.5) is 5.82 Å². The highest BCUT2D eigenvalue weighted by Crippen LogP contribution is 2.14. The molecule has 3 aromatic heterocycles. The van der Waals surface area contributed by atoms with Crippen LogP contribution in [0, 0.1) is 13.8 Å². The SMILES string of the molecule is Cc1cc(C)n2nc(NC(=O)CCc3cc(Cl)no3)cc2n1.